The minimum Gasteiger partial charge on any atom is -0.471 e. The van der Waals surface area contributed by atoms with Crippen LogP contribution in [0.15, 0.2) is 35.1 Å². The topological polar surface area (TPSA) is 124 Å². The van der Waals surface area contributed by atoms with Gasteiger partial charge in [0.05, 0.1) is 0 Å². The Morgan fingerprint density at radius 2 is 1.96 bits per heavy atom. The molecule has 0 atom stereocenters. The number of carbonyl (C=O) groups excluding carboxylic acids is 1. The van der Waals surface area contributed by atoms with E-state index in [2.05, 4.69) is 19.9 Å². The Bertz CT molecular complexity index is 924. The van der Waals surface area contributed by atoms with Crippen LogP contribution in [0, 0.1) is 0 Å². The van der Waals surface area contributed by atoms with Gasteiger partial charge in [-0.15, -0.1) is 0 Å². The van der Waals surface area contributed by atoms with Gasteiger partial charge in [-0.25, -0.2) is 4.98 Å². The largest absolute Gasteiger partial charge is 0.471 e. The standard InChI is InChI=1S/C16H15N5O3/c17-16-20-13-12(18-11(7-4-8-22)14(23)19-13)15(21-16)24-9-10-5-2-1-3-6-10/h1-3,5-6,8H,4,7,9H2,(H3,17,19,20,21,23). The number of hydrogen-bond donors (Lipinski definition) is 2. The molecule has 0 unspecified atom stereocenters. The highest BCUT2D eigenvalue weighted by molar-refractivity contribution is 5.76. The summed E-state index contributed by atoms with van der Waals surface area (Å²) in [6, 6.07) is 9.54. The van der Waals surface area contributed by atoms with E-state index >= 15 is 0 Å². The number of aryl methyl sites for hydroxylation is 1. The van der Waals surface area contributed by atoms with Gasteiger partial charge < -0.3 is 20.2 Å². The van der Waals surface area contributed by atoms with Gasteiger partial charge >= 0.3 is 0 Å². The number of benzene rings is 1. The summed E-state index contributed by atoms with van der Waals surface area (Å²) in [6.45, 7) is 0.275. The van der Waals surface area contributed by atoms with E-state index < -0.39 is 5.56 Å². The lowest BCUT2D eigenvalue weighted by Crippen LogP contribution is -2.17. The highest BCUT2D eigenvalue weighted by Crippen LogP contribution is 2.20. The van der Waals surface area contributed by atoms with Crippen molar-refractivity contribution in [3.8, 4) is 5.88 Å². The lowest BCUT2D eigenvalue weighted by molar-refractivity contribution is -0.107. The predicted octanol–water partition coefficient (Wildman–Crippen LogP) is 1.01. The summed E-state index contributed by atoms with van der Waals surface area (Å²) in [5.74, 6) is 0.161. The molecule has 0 aliphatic carbocycles. The van der Waals surface area contributed by atoms with Crippen molar-refractivity contribution in [2.45, 2.75) is 19.4 Å². The Labute approximate surface area is 136 Å². The fourth-order valence-corrected chi connectivity index (χ4v) is 2.20. The molecule has 2 aromatic heterocycles. The van der Waals surface area contributed by atoms with Crippen molar-refractivity contribution in [2.24, 2.45) is 0 Å². The van der Waals surface area contributed by atoms with Crippen molar-refractivity contribution in [3.63, 3.8) is 0 Å². The molecule has 0 bridgehead atoms. The Kier molecular flexibility index (Phi) is 4.46. The van der Waals surface area contributed by atoms with E-state index in [1.54, 1.807) is 0 Å². The van der Waals surface area contributed by atoms with Crippen molar-refractivity contribution in [3.05, 3.63) is 51.9 Å². The second-order valence-electron chi connectivity index (χ2n) is 5.08. The smallest absolute Gasteiger partial charge is 0.271 e. The normalized spacial score (nSPS) is 10.7. The summed E-state index contributed by atoms with van der Waals surface area (Å²) in [6.07, 6.45) is 1.17. The molecule has 0 saturated heterocycles. The molecule has 24 heavy (non-hydrogen) atoms. The molecule has 0 radical (unpaired) electrons. The molecule has 0 aliphatic rings. The van der Waals surface area contributed by atoms with E-state index in [1.165, 1.54) is 0 Å². The SMILES string of the molecule is Nc1nc(OCc2ccccc2)c2nc(CCC=O)c(=O)[nH]c2n1. The summed E-state index contributed by atoms with van der Waals surface area (Å²) >= 11 is 0. The zero-order valence-corrected chi connectivity index (χ0v) is 12.7. The van der Waals surface area contributed by atoms with Crippen molar-refractivity contribution in [1.29, 1.82) is 0 Å². The molecule has 2 heterocycles. The van der Waals surface area contributed by atoms with Crippen LogP contribution in [-0.4, -0.2) is 26.2 Å². The zero-order chi connectivity index (χ0) is 16.9. The van der Waals surface area contributed by atoms with Gasteiger partial charge in [0.15, 0.2) is 11.2 Å². The van der Waals surface area contributed by atoms with Crippen LogP contribution >= 0.6 is 0 Å². The van der Waals surface area contributed by atoms with Gasteiger partial charge in [-0.2, -0.15) is 9.97 Å². The second kappa shape index (κ2) is 6.86. The number of anilines is 1. The Morgan fingerprint density at radius 1 is 1.17 bits per heavy atom. The van der Waals surface area contributed by atoms with Crippen molar-refractivity contribution < 1.29 is 9.53 Å². The maximum Gasteiger partial charge on any atom is 0.271 e. The summed E-state index contributed by atoms with van der Waals surface area (Å²) in [5.41, 5.74) is 6.94. The third-order valence-electron chi connectivity index (χ3n) is 3.33. The Balaban J connectivity index is 1.98. The second-order valence-corrected chi connectivity index (χ2v) is 5.08. The van der Waals surface area contributed by atoms with Crippen LogP contribution in [0.3, 0.4) is 0 Å². The number of ether oxygens (including phenoxy) is 1. The van der Waals surface area contributed by atoms with Gasteiger partial charge in [0, 0.05) is 12.8 Å². The summed E-state index contributed by atoms with van der Waals surface area (Å²) in [7, 11) is 0. The molecular weight excluding hydrogens is 310 g/mol. The fourth-order valence-electron chi connectivity index (χ4n) is 2.20. The van der Waals surface area contributed by atoms with Crippen LogP contribution in [0.25, 0.3) is 11.2 Å². The highest BCUT2D eigenvalue weighted by Gasteiger charge is 2.13. The molecule has 8 heteroatoms. The molecule has 3 N–H and O–H groups in total. The first-order valence-corrected chi connectivity index (χ1v) is 7.34. The van der Waals surface area contributed by atoms with Gasteiger partial charge in [0.25, 0.3) is 5.56 Å². The minimum absolute atomic E-state index is 0.0244. The number of nitrogens with one attached hydrogen (secondary N) is 1. The first-order chi connectivity index (χ1) is 11.7. The van der Waals surface area contributed by atoms with E-state index in [4.69, 9.17) is 10.5 Å². The maximum atomic E-state index is 12.0. The summed E-state index contributed by atoms with van der Waals surface area (Å²) in [5, 5.41) is 0. The van der Waals surface area contributed by atoms with Crippen LogP contribution in [0.1, 0.15) is 17.7 Å². The number of rotatable bonds is 6. The van der Waals surface area contributed by atoms with Gasteiger partial charge in [0.1, 0.15) is 18.6 Å². The summed E-state index contributed by atoms with van der Waals surface area (Å²) in [4.78, 5) is 37.4. The van der Waals surface area contributed by atoms with E-state index in [0.29, 0.717) is 5.52 Å². The van der Waals surface area contributed by atoms with Crippen LogP contribution in [-0.2, 0) is 17.8 Å². The third kappa shape index (κ3) is 3.37. The van der Waals surface area contributed by atoms with Crippen LogP contribution in [0.5, 0.6) is 5.88 Å². The number of carbonyl (C=O) groups is 1. The first kappa shape index (κ1) is 15.6. The number of nitrogens with zero attached hydrogens (tertiary/aromatic N) is 3. The Morgan fingerprint density at radius 3 is 2.71 bits per heavy atom. The van der Waals surface area contributed by atoms with E-state index in [9.17, 15) is 9.59 Å². The quantitative estimate of drug-likeness (QED) is 0.648. The molecule has 3 aromatic rings. The number of aldehydes is 1. The molecule has 0 spiro atoms. The van der Waals surface area contributed by atoms with Crippen LogP contribution in [0.4, 0.5) is 5.95 Å². The van der Waals surface area contributed by atoms with Crippen molar-refractivity contribution >= 4 is 23.4 Å². The molecule has 0 saturated carbocycles. The molecule has 122 valence electrons. The molecule has 0 amide bonds. The molecule has 8 nitrogen and oxygen atoms in total. The van der Waals surface area contributed by atoms with E-state index in [0.717, 1.165) is 11.8 Å². The average molecular weight is 325 g/mol. The van der Waals surface area contributed by atoms with Crippen LogP contribution in [0.2, 0.25) is 0 Å². The van der Waals surface area contributed by atoms with Crippen LogP contribution < -0.4 is 16.0 Å². The monoisotopic (exact) mass is 325 g/mol. The number of nitrogen functional groups attached to an aromatic ring is 1. The predicted molar refractivity (Wildman–Crippen MR) is 87.5 cm³/mol. The lowest BCUT2D eigenvalue weighted by atomic mass is 10.2. The molecule has 0 fully saturated rings. The number of hydrogen-bond acceptors (Lipinski definition) is 7. The molecule has 3 rings (SSSR count). The van der Waals surface area contributed by atoms with Crippen molar-refractivity contribution in [2.75, 3.05) is 5.73 Å². The maximum absolute atomic E-state index is 12.0. The lowest BCUT2D eigenvalue weighted by Gasteiger charge is -2.09. The number of nitrogens with two attached hydrogens (primary N) is 1. The minimum atomic E-state index is -0.406. The number of H-pyrrole nitrogens is 1. The molecular formula is C16H15N5O3. The van der Waals surface area contributed by atoms with Gasteiger partial charge in [-0.05, 0) is 5.56 Å². The van der Waals surface area contributed by atoms with Gasteiger partial charge in [-0.1, -0.05) is 30.3 Å². The average Bonchev–Trinajstić information content (AvgIpc) is 2.59. The van der Waals surface area contributed by atoms with Gasteiger partial charge in [-0.3, -0.25) is 4.79 Å². The fraction of sp³-hybridized carbons (Fsp3) is 0.188. The summed E-state index contributed by atoms with van der Waals surface area (Å²) < 4.78 is 5.70. The molecule has 1 aromatic carbocycles. The van der Waals surface area contributed by atoms with Gasteiger partial charge in [0.2, 0.25) is 11.8 Å². The number of aromatic nitrogens is 4. The Hall–Kier alpha value is -3.29. The highest BCUT2D eigenvalue weighted by atomic mass is 16.5. The van der Waals surface area contributed by atoms with Crippen molar-refractivity contribution in [1.82, 2.24) is 19.9 Å². The third-order valence-corrected chi connectivity index (χ3v) is 3.33. The molecule has 0 aliphatic heterocycles. The zero-order valence-electron chi connectivity index (χ0n) is 12.7. The van der Waals surface area contributed by atoms with E-state index in [1.807, 2.05) is 30.3 Å². The van der Waals surface area contributed by atoms with E-state index in [-0.39, 0.29) is 42.6 Å². The first-order valence-electron chi connectivity index (χ1n) is 7.34. The number of aromatic amines is 1. The number of fused-ring (bicyclic) bond motifs is 1.